The number of aryl methyl sites for hydroxylation is 2. The van der Waals surface area contributed by atoms with Gasteiger partial charge in [-0.05, 0) is 65.7 Å². The molecule has 0 saturated carbocycles. The first kappa shape index (κ1) is 22.6. The number of carboxylic acid groups (broad SMARTS) is 1. The fraction of sp³-hybridized carbons (Fsp3) is 0.240. The number of aliphatic carboxylic acids is 1. The van der Waals surface area contributed by atoms with Crippen LogP contribution in [-0.4, -0.2) is 40.0 Å². The van der Waals surface area contributed by atoms with Crippen molar-refractivity contribution in [1.29, 1.82) is 0 Å². The highest BCUT2D eigenvalue weighted by atomic mass is 32.2. The summed E-state index contributed by atoms with van der Waals surface area (Å²) in [5.41, 5.74) is 4.47. The molecule has 0 radical (unpaired) electrons. The zero-order chi connectivity index (χ0) is 22.1. The number of pyridine rings is 1. The lowest BCUT2D eigenvalue weighted by atomic mass is 9.94. The molecule has 0 aliphatic heterocycles. The van der Waals surface area contributed by atoms with Crippen LogP contribution in [0, 0.1) is 0 Å². The Morgan fingerprint density at radius 2 is 1.81 bits per heavy atom. The summed E-state index contributed by atoms with van der Waals surface area (Å²) in [6.07, 6.45) is 7.58. The lowest BCUT2D eigenvalue weighted by molar-refractivity contribution is -0.139. The topological polar surface area (TPSA) is 79.3 Å². The minimum Gasteiger partial charge on any atom is -0.480 e. The third-order valence-electron chi connectivity index (χ3n) is 5.05. The van der Waals surface area contributed by atoms with E-state index in [0.29, 0.717) is 17.7 Å². The average Bonchev–Trinajstić information content (AvgIpc) is 2.81. The van der Waals surface area contributed by atoms with Crippen LogP contribution in [0.4, 0.5) is 0 Å². The number of aromatic nitrogens is 1. The summed E-state index contributed by atoms with van der Waals surface area (Å²) in [6, 6.07) is 18.5. The van der Waals surface area contributed by atoms with Crippen LogP contribution in [0.1, 0.15) is 27.9 Å². The van der Waals surface area contributed by atoms with E-state index < -0.39 is 12.0 Å². The van der Waals surface area contributed by atoms with Gasteiger partial charge in [-0.25, -0.2) is 4.79 Å². The first-order valence-corrected chi connectivity index (χ1v) is 11.6. The van der Waals surface area contributed by atoms with Crippen molar-refractivity contribution in [2.75, 3.05) is 12.0 Å². The zero-order valence-electron chi connectivity index (χ0n) is 17.5. The normalized spacial score (nSPS) is 11.6. The van der Waals surface area contributed by atoms with Gasteiger partial charge < -0.3 is 10.4 Å². The van der Waals surface area contributed by atoms with Crippen LogP contribution >= 0.6 is 11.8 Å². The first-order chi connectivity index (χ1) is 15.1. The highest BCUT2D eigenvalue weighted by molar-refractivity contribution is 7.98. The fourth-order valence-electron chi connectivity index (χ4n) is 3.37. The second-order valence-corrected chi connectivity index (χ2v) is 8.24. The monoisotopic (exact) mass is 434 g/mol. The van der Waals surface area contributed by atoms with Crippen molar-refractivity contribution in [1.82, 2.24) is 10.3 Å². The molecule has 0 spiro atoms. The smallest absolute Gasteiger partial charge is 0.326 e. The van der Waals surface area contributed by atoms with Gasteiger partial charge in [0.2, 0.25) is 0 Å². The molecule has 5 nitrogen and oxygen atoms in total. The van der Waals surface area contributed by atoms with Crippen LogP contribution < -0.4 is 5.32 Å². The predicted octanol–water partition coefficient (Wildman–Crippen LogP) is 4.47. The second kappa shape index (κ2) is 11.3. The van der Waals surface area contributed by atoms with Crippen molar-refractivity contribution < 1.29 is 14.7 Å². The number of rotatable bonds is 10. The van der Waals surface area contributed by atoms with Crippen LogP contribution in [-0.2, 0) is 17.6 Å². The molecule has 0 saturated heterocycles. The van der Waals surface area contributed by atoms with Gasteiger partial charge >= 0.3 is 5.97 Å². The summed E-state index contributed by atoms with van der Waals surface area (Å²) in [5.74, 6) is -0.723. The molecule has 0 aliphatic rings. The molecule has 1 aromatic heterocycles. The maximum Gasteiger partial charge on any atom is 0.326 e. The molecule has 1 unspecified atom stereocenters. The molecule has 0 fully saturated rings. The molecule has 2 aromatic carbocycles. The molecule has 6 heteroatoms. The predicted molar refractivity (Wildman–Crippen MR) is 125 cm³/mol. The lowest BCUT2D eigenvalue weighted by Gasteiger charge is -2.17. The standard InChI is InChI=1S/C25H26N2O3S/c1-31-15-13-23(25(29)30)27-24(28)21-12-11-18(9-10-19-6-5-14-26-17-19)16-22(21)20-7-3-2-4-8-20/h2-8,11-12,14,16-17,23H,9-10,13,15H2,1H3,(H,27,28)(H,29,30). The number of carbonyl (C=O) groups excluding carboxylic acids is 1. The number of hydrogen-bond acceptors (Lipinski definition) is 4. The number of hydrogen-bond donors (Lipinski definition) is 2. The number of carboxylic acids is 1. The van der Waals surface area contributed by atoms with Gasteiger partial charge in [-0.3, -0.25) is 9.78 Å². The van der Waals surface area contributed by atoms with Crippen LogP contribution in [0.15, 0.2) is 73.1 Å². The number of nitrogens with one attached hydrogen (secondary N) is 1. The molecule has 1 heterocycles. The summed E-state index contributed by atoms with van der Waals surface area (Å²) in [7, 11) is 0. The second-order valence-electron chi connectivity index (χ2n) is 7.25. The van der Waals surface area contributed by atoms with Crippen LogP contribution in [0.5, 0.6) is 0 Å². The average molecular weight is 435 g/mol. The quantitative estimate of drug-likeness (QED) is 0.492. The van der Waals surface area contributed by atoms with Crippen molar-refractivity contribution in [2.45, 2.75) is 25.3 Å². The Kier molecular flexibility index (Phi) is 8.24. The van der Waals surface area contributed by atoms with Gasteiger partial charge in [0.05, 0.1) is 0 Å². The Morgan fingerprint density at radius 3 is 2.48 bits per heavy atom. The van der Waals surface area contributed by atoms with E-state index in [4.69, 9.17) is 0 Å². The van der Waals surface area contributed by atoms with E-state index in [9.17, 15) is 14.7 Å². The van der Waals surface area contributed by atoms with Crippen molar-refractivity contribution in [3.05, 3.63) is 89.7 Å². The number of amides is 1. The molecule has 1 amide bonds. The van der Waals surface area contributed by atoms with Crippen LogP contribution in [0.25, 0.3) is 11.1 Å². The highest BCUT2D eigenvalue weighted by Crippen LogP contribution is 2.26. The van der Waals surface area contributed by atoms with Gasteiger partial charge in [-0.1, -0.05) is 48.5 Å². The fourth-order valence-corrected chi connectivity index (χ4v) is 3.84. The van der Waals surface area contributed by atoms with E-state index >= 15 is 0 Å². The van der Waals surface area contributed by atoms with Gasteiger partial charge in [-0.2, -0.15) is 11.8 Å². The van der Waals surface area contributed by atoms with E-state index in [1.54, 1.807) is 24.0 Å². The third-order valence-corrected chi connectivity index (χ3v) is 5.70. The summed E-state index contributed by atoms with van der Waals surface area (Å²) < 4.78 is 0. The maximum atomic E-state index is 13.0. The third kappa shape index (κ3) is 6.43. The van der Waals surface area contributed by atoms with Crippen LogP contribution in [0.3, 0.4) is 0 Å². The molecule has 0 aliphatic carbocycles. The summed E-state index contributed by atoms with van der Waals surface area (Å²) >= 11 is 1.56. The highest BCUT2D eigenvalue weighted by Gasteiger charge is 2.22. The number of benzene rings is 2. The molecular weight excluding hydrogens is 408 g/mol. The molecule has 160 valence electrons. The SMILES string of the molecule is CSCCC(NC(=O)c1ccc(CCc2cccnc2)cc1-c1ccccc1)C(=O)O. The molecule has 0 bridgehead atoms. The Bertz CT molecular complexity index is 1010. The minimum atomic E-state index is -1.02. The molecule has 1 atom stereocenters. The largest absolute Gasteiger partial charge is 0.480 e. The van der Waals surface area contributed by atoms with Crippen molar-refractivity contribution >= 4 is 23.6 Å². The van der Waals surface area contributed by atoms with Gasteiger partial charge in [-0.15, -0.1) is 0 Å². The van der Waals surface area contributed by atoms with Crippen molar-refractivity contribution in [3.8, 4) is 11.1 Å². The Labute approximate surface area is 186 Å². The Morgan fingerprint density at radius 1 is 1.03 bits per heavy atom. The first-order valence-electron chi connectivity index (χ1n) is 10.2. The zero-order valence-corrected chi connectivity index (χ0v) is 18.3. The number of carbonyl (C=O) groups is 2. The van der Waals surface area contributed by atoms with Crippen molar-refractivity contribution in [3.63, 3.8) is 0 Å². The van der Waals surface area contributed by atoms with Gasteiger partial charge in [0.1, 0.15) is 6.04 Å². The molecular formula is C25H26N2O3S. The summed E-state index contributed by atoms with van der Waals surface area (Å²) in [4.78, 5) is 28.7. The summed E-state index contributed by atoms with van der Waals surface area (Å²) in [6.45, 7) is 0. The molecule has 31 heavy (non-hydrogen) atoms. The van der Waals surface area contributed by atoms with E-state index in [1.165, 1.54) is 0 Å². The van der Waals surface area contributed by atoms with Crippen LogP contribution in [0.2, 0.25) is 0 Å². The van der Waals surface area contributed by atoms with Gasteiger partial charge in [0, 0.05) is 18.0 Å². The number of thioether (sulfide) groups is 1. The van der Waals surface area contributed by atoms with Gasteiger partial charge in [0.15, 0.2) is 0 Å². The molecule has 3 rings (SSSR count). The van der Waals surface area contributed by atoms with E-state index in [1.807, 2.05) is 67.0 Å². The Hall–Kier alpha value is -3.12. The molecule has 2 N–H and O–H groups in total. The number of nitrogens with zero attached hydrogens (tertiary/aromatic N) is 1. The van der Waals surface area contributed by atoms with Crippen molar-refractivity contribution in [2.24, 2.45) is 0 Å². The molecule has 3 aromatic rings. The van der Waals surface area contributed by atoms with Gasteiger partial charge in [0.25, 0.3) is 5.91 Å². The summed E-state index contributed by atoms with van der Waals surface area (Å²) in [5, 5.41) is 12.2. The lowest BCUT2D eigenvalue weighted by Crippen LogP contribution is -2.41. The van der Waals surface area contributed by atoms with E-state index in [0.717, 1.165) is 35.1 Å². The van der Waals surface area contributed by atoms with E-state index in [-0.39, 0.29) is 5.91 Å². The Balaban J connectivity index is 1.86. The maximum absolute atomic E-state index is 13.0. The van der Waals surface area contributed by atoms with E-state index in [2.05, 4.69) is 10.3 Å². The minimum absolute atomic E-state index is 0.369.